The molecular formula is C23H29ClN2O2. The average molecular weight is 401 g/mol. The standard InChI is InChI=1S/C23H29ClN2O2/c1-17-7-8-19(18(2)15-17)9-10-23(27)25-16-22(26-11-13-28-14-12-26)20-5-3-4-6-21(20)24/h3-8,15,22H,9-14,16H2,1-2H3,(H,25,27). The summed E-state index contributed by atoms with van der Waals surface area (Å²) in [6.45, 7) is 7.84. The monoisotopic (exact) mass is 400 g/mol. The van der Waals surface area contributed by atoms with Gasteiger partial charge in [-0.05, 0) is 43.0 Å². The van der Waals surface area contributed by atoms with Gasteiger partial charge in [0.2, 0.25) is 5.91 Å². The van der Waals surface area contributed by atoms with E-state index in [0.717, 1.165) is 30.1 Å². The zero-order valence-electron chi connectivity index (χ0n) is 16.7. The fourth-order valence-electron chi connectivity index (χ4n) is 3.74. The highest BCUT2D eigenvalue weighted by Crippen LogP contribution is 2.27. The normalized spacial score (nSPS) is 16.0. The maximum Gasteiger partial charge on any atom is 0.220 e. The second kappa shape index (κ2) is 10.1. The second-order valence-corrected chi connectivity index (χ2v) is 7.83. The lowest BCUT2D eigenvalue weighted by Gasteiger charge is -2.35. The molecule has 1 amide bonds. The highest BCUT2D eigenvalue weighted by atomic mass is 35.5. The minimum atomic E-state index is 0.0580. The number of hydrogen-bond acceptors (Lipinski definition) is 3. The molecule has 1 aliphatic rings. The summed E-state index contributed by atoms with van der Waals surface area (Å²) < 4.78 is 5.49. The van der Waals surface area contributed by atoms with Gasteiger partial charge in [-0.1, -0.05) is 53.6 Å². The van der Waals surface area contributed by atoms with Crippen molar-refractivity contribution in [3.63, 3.8) is 0 Å². The van der Waals surface area contributed by atoms with E-state index < -0.39 is 0 Å². The molecule has 2 aromatic carbocycles. The molecule has 5 heteroatoms. The van der Waals surface area contributed by atoms with Crippen LogP contribution in [0, 0.1) is 13.8 Å². The summed E-state index contributed by atoms with van der Waals surface area (Å²) in [6.07, 6.45) is 1.24. The molecule has 0 bridgehead atoms. The number of nitrogens with one attached hydrogen (secondary N) is 1. The lowest BCUT2D eigenvalue weighted by atomic mass is 10.0. The smallest absolute Gasteiger partial charge is 0.220 e. The molecule has 3 rings (SSSR count). The highest BCUT2D eigenvalue weighted by molar-refractivity contribution is 6.31. The van der Waals surface area contributed by atoms with Crippen LogP contribution in [-0.2, 0) is 16.0 Å². The van der Waals surface area contributed by atoms with E-state index in [9.17, 15) is 4.79 Å². The number of hydrogen-bond donors (Lipinski definition) is 1. The Morgan fingerprint density at radius 1 is 1.18 bits per heavy atom. The van der Waals surface area contributed by atoms with Gasteiger partial charge in [-0.3, -0.25) is 9.69 Å². The Morgan fingerprint density at radius 2 is 1.93 bits per heavy atom. The van der Waals surface area contributed by atoms with Crippen molar-refractivity contribution in [3.05, 3.63) is 69.7 Å². The zero-order chi connectivity index (χ0) is 19.9. The van der Waals surface area contributed by atoms with E-state index in [2.05, 4.69) is 42.3 Å². The lowest BCUT2D eigenvalue weighted by molar-refractivity contribution is -0.121. The van der Waals surface area contributed by atoms with Crippen LogP contribution in [0.4, 0.5) is 0 Å². The number of amides is 1. The van der Waals surface area contributed by atoms with Gasteiger partial charge in [0.05, 0.1) is 19.3 Å². The molecule has 150 valence electrons. The fraction of sp³-hybridized carbons (Fsp3) is 0.435. The molecule has 1 atom stereocenters. The van der Waals surface area contributed by atoms with Crippen molar-refractivity contribution in [2.24, 2.45) is 0 Å². The average Bonchev–Trinajstić information content (AvgIpc) is 2.69. The molecule has 0 aliphatic carbocycles. The number of carbonyl (C=O) groups excluding carboxylic acids is 1. The molecule has 0 spiro atoms. The van der Waals surface area contributed by atoms with Gasteiger partial charge in [-0.15, -0.1) is 0 Å². The Bertz CT molecular complexity index is 803. The van der Waals surface area contributed by atoms with E-state index in [1.54, 1.807) is 0 Å². The third-order valence-electron chi connectivity index (χ3n) is 5.36. The van der Waals surface area contributed by atoms with Crippen molar-refractivity contribution in [1.82, 2.24) is 10.2 Å². The van der Waals surface area contributed by atoms with Crippen molar-refractivity contribution in [2.75, 3.05) is 32.8 Å². The van der Waals surface area contributed by atoms with Gasteiger partial charge in [0, 0.05) is 31.1 Å². The van der Waals surface area contributed by atoms with Crippen molar-refractivity contribution in [1.29, 1.82) is 0 Å². The van der Waals surface area contributed by atoms with Crippen LogP contribution in [0.2, 0.25) is 5.02 Å². The number of ether oxygens (including phenoxy) is 1. The number of morpholine rings is 1. The zero-order valence-corrected chi connectivity index (χ0v) is 17.5. The summed E-state index contributed by atoms with van der Waals surface area (Å²) >= 11 is 6.45. The Labute approximate surface area is 172 Å². The molecule has 0 saturated carbocycles. The summed E-state index contributed by atoms with van der Waals surface area (Å²) in [7, 11) is 0. The van der Waals surface area contributed by atoms with Crippen molar-refractivity contribution < 1.29 is 9.53 Å². The molecule has 1 unspecified atom stereocenters. The number of benzene rings is 2. The van der Waals surface area contributed by atoms with Gasteiger partial charge in [-0.25, -0.2) is 0 Å². The Balaban J connectivity index is 1.61. The van der Waals surface area contributed by atoms with Gasteiger partial charge in [0.1, 0.15) is 0 Å². The first-order valence-corrected chi connectivity index (χ1v) is 10.3. The molecule has 1 N–H and O–H groups in total. The summed E-state index contributed by atoms with van der Waals surface area (Å²) in [5.41, 5.74) is 4.78. The molecule has 4 nitrogen and oxygen atoms in total. The van der Waals surface area contributed by atoms with E-state index in [0.29, 0.717) is 26.2 Å². The van der Waals surface area contributed by atoms with Crippen LogP contribution in [0.25, 0.3) is 0 Å². The van der Waals surface area contributed by atoms with Crippen LogP contribution in [0.15, 0.2) is 42.5 Å². The predicted octanol–water partition coefficient (Wildman–Crippen LogP) is 4.08. The Kier molecular flexibility index (Phi) is 7.49. The van der Waals surface area contributed by atoms with Gasteiger partial charge < -0.3 is 10.1 Å². The molecule has 0 radical (unpaired) electrons. The maximum absolute atomic E-state index is 12.5. The second-order valence-electron chi connectivity index (χ2n) is 7.42. The third kappa shape index (κ3) is 5.57. The van der Waals surface area contributed by atoms with E-state index in [1.165, 1.54) is 16.7 Å². The molecule has 1 heterocycles. The quantitative estimate of drug-likeness (QED) is 0.761. The maximum atomic E-state index is 12.5. The summed E-state index contributed by atoms with van der Waals surface area (Å²) in [4.78, 5) is 14.9. The molecule has 1 saturated heterocycles. The highest BCUT2D eigenvalue weighted by Gasteiger charge is 2.24. The number of nitrogens with zero attached hydrogens (tertiary/aromatic N) is 1. The van der Waals surface area contributed by atoms with E-state index in [1.807, 2.05) is 24.3 Å². The Hall–Kier alpha value is -1.88. The van der Waals surface area contributed by atoms with Crippen LogP contribution in [0.3, 0.4) is 0 Å². The summed E-state index contributed by atoms with van der Waals surface area (Å²) in [5, 5.41) is 3.87. The third-order valence-corrected chi connectivity index (χ3v) is 5.71. The predicted molar refractivity (Wildman–Crippen MR) is 114 cm³/mol. The van der Waals surface area contributed by atoms with Crippen LogP contribution in [0.1, 0.15) is 34.7 Å². The van der Waals surface area contributed by atoms with E-state index in [4.69, 9.17) is 16.3 Å². The van der Waals surface area contributed by atoms with Crippen LogP contribution < -0.4 is 5.32 Å². The molecule has 2 aromatic rings. The molecule has 1 fully saturated rings. The van der Waals surface area contributed by atoms with Gasteiger partial charge in [0.15, 0.2) is 0 Å². The van der Waals surface area contributed by atoms with Crippen molar-refractivity contribution in [2.45, 2.75) is 32.7 Å². The molecule has 1 aliphatic heterocycles. The molecular weight excluding hydrogens is 372 g/mol. The molecule has 0 aromatic heterocycles. The lowest BCUT2D eigenvalue weighted by Crippen LogP contribution is -2.44. The fourth-order valence-corrected chi connectivity index (χ4v) is 4.01. The van der Waals surface area contributed by atoms with E-state index >= 15 is 0 Å². The number of halogens is 1. The van der Waals surface area contributed by atoms with E-state index in [-0.39, 0.29) is 11.9 Å². The molecule has 28 heavy (non-hydrogen) atoms. The largest absolute Gasteiger partial charge is 0.379 e. The topological polar surface area (TPSA) is 41.6 Å². The van der Waals surface area contributed by atoms with Crippen LogP contribution >= 0.6 is 11.6 Å². The summed E-state index contributed by atoms with van der Waals surface area (Å²) in [5.74, 6) is 0.0743. The van der Waals surface area contributed by atoms with Crippen LogP contribution in [0.5, 0.6) is 0 Å². The minimum absolute atomic E-state index is 0.0580. The first kappa shape index (κ1) is 20.8. The van der Waals surface area contributed by atoms with Gasteiger partial charge in [0.25, 0.3) is 0 Å². The number of rotatable bonds is 7. The number of carbonyl (C=O) groups is 1. The van der Waals surface area contributed by atoms with Crippen molar-refractivity contribution >= 4 is 17.5 Å². The summed E-state index contributed by atoms with van der Waals surface area (Å²) in [6, 6.07) is 14.3. The first-order chi connectivity index (χ1) is 13.5. The van der Waals surface area contributed by atoms with Crippen LogP contribution in [-0.4, -0.2) is 43.7 Å². The SMILES string of the molecule is Cc1ccc(CCC(=O)NCC(c2ccccc2Cl)N2CCOCC2)c(C)c1. The first-order valence-electron chi connectivity index (χ1n) is 9.93. The Morgan fingerprint density at radius 3 is 2.64 bits per heavy atom. The minimum Gasteiger partial charge on any atom is -0.379 e. The van der Waals surface area contributed by atoms with Crippen molar-refractivity contribution in [3.8, 4) is 0 Å². The number of aryl methyl sites for hydroxylation is 3. The van der Waals surface area contributed by atoms with Gasteiger partial charge >= 0.3 is 0 Å². The van der Waals surface area contributed by atoms with Gasteiger partial charge in [-0.2, -0.15) is 0 Å².